The molecule has 0 spiro atoms. The van der Waals surface area contributed by atoms with E-state index >= 15 is 8.78 Å². The van der Waals surface area contributed by atoms with E-state index in [-0.39, 0.29) is 24.4 Å². The number of hydrogen-bond acceptors (Lipinski definition) is 7. The molecule has 5 rings (SSSR count). The van der Waals surface area contributed by atoms with Crippen molar-refractivity contribution in [2.75, 3.05) is 36.3 Å². The number of phenols is 1. The highest BCUT2D eigenvalue weighted by molar-refractivity contribution is 6.06. The number of aromatic hydroxyl groups is 1. The molecule has 1 aliphatic heterocycles. The smallest absolute Gasteiger partial charge is 0.330 e. The van der Waals surface area contributed by atoms with Crippen LogP contribution in [-0.2, 0) is 6.54 Å². The van der Waals surface area contributed by atoms with E-state index in [0.29, 0.717) is 23.4 Å². The number of hydrogen-bond donors (Lipinski definition) is 2. The van der Waals surface area contributed by atoms with Crippen molar-refractivity contribution in [2.24, 2.45) is 0 Å². The van der Waals surface area contributed by atoms with Gasteiger partial charge in [-0.1, -0.05) is 12.8 Å². The minimum Gasteiger partial charge on any atom is -0.505 e. The number of fused-ring (bicyclic) bond motifs is 1. The van der Waals surface area contributed by atoms with Crippen LogP contribution in [0.1, 0.15) is 56.9 Å². The van der Waals surface area contributed by atoms with Crippen molar-refractivity contribution in [1.29, 1.82) is 0 Å². The number of nitrogens with zero attached hydrogens (tertiary/aromatic N) is 5. The molecule has 2 N–H and O–H groups in total. The van der Waals surface area contributed by atoms with Gasteiger partial charge in [0.25, 0.3) is 0 Å². The molecule has 2 saturated carbocycles. The first-order valence-corrected chi connectivity index (χ1v) is 12.9. The molecule has 200 valence electrons. The van der Waals surface area contributed by atoms with Crippen molar-refractivity contribution in [3.8, 4) is 11.5 Å². The summed E-state index contributed by atoms with van der Waals surface area (Å²) >= 11 is 0. The fourth-order valence-corrected chi connectivity index (χ4v) is 5.80. The summed E-state index contributed by atoms with van der Waals surface area (Å²) in [5.41, 5.74) is -0.0650. The lowest BCUT2D eigenvalue weighted by atomic mass is 9.91. The van der Waals surface area contributed by atoms with Crippen molar-refractivity contribution in [3.05, 3.63) is 29.5 Å². The number of carbonyl (C=O) groups excluding carboxylic acids is 1. The van der Waals surface area contributed by atoms with Gasteiger partial charge in [-0.3, -0.25) is 9.80 Å². The Morgan fingerprint density at radius 3 is 2.46 bits per heavy atom. The van der Waals surface area contributed by atoms with E-state index in [1.807, 2.05) is 0 Å². The van der Waals surface area contributed by atoms with Crippen LogP contribution >= 0.6 is 0 Å². The molecule has 2 heterocycles. The maximum atomic E-state index is 15.2. The average molecular weight is 517 g/mol. The van der Waals surface area contributed by atoms with E-state index in [1.165, 1.54) is 7.11 Å². The summed E-state index contributed by atoms with van der Waals surface area (Å²) in [6.45, 7) is -0.133. The van der Waals surface area contributed by atoms with Crippen molar-refractivity contribution in [2.45, 2.75) is 76.0 Å². The highest BCUT2D eigenvalue weighted by Crippen LogP contribution is 2.42. The van der Waals surface area contributed by atoms with Gasteiger partial charge in [0.05, 0.1) is 13.7 Å². The molecular weight excluding hydrogens is 482 g/mol. The van der Waals surface area contributed by atoms with Gasteiger partial charge in [-0.05, 0) is 52.6 Å². The van der Waals surface area contributed by atoms with E-state index in [9.17, 15) is 9.90 Å². The number of ether oxygens (including phenoxy) is 1. The first-order valence-electron chi connectivity index (χ1n) is 12.9. The Bertz CT molecular complexity index is 1170. The van der Waals surface area contributed by atoms with Crippen LogP contribution in [-0.4, -0.2) is 65.3 Å². The second-order valence-corrected chi connectivity index (χ2v) is 10.4. The summed E-state index contributed by atoms with van der Waals surface area (Å²) < 4.78 is 35.2. The van der Waals surface area contributed by atoms with Gasteiger partial charge in [0.1, 0.15) is 11.5 Å². The number of nitrogens with one attached hydrogen (secondary N) is 1. The number of aromatic nitrogens is 2. The highest BCUT2D eigenvalue weighted by atomic mass is 19.1. The molecule has 0 saturated heterocycles. The Kier molecular flexibility index (Phi) is 7.06. The standard InChI is InChI=1S/C26H34F2N6O3/c1-32(2)17-10-8-16(9-11-17)30-25-29-13-15-14-33(23-21(27)19(35)12-20(37-3)22(23)28)26(36)34(24(15)31-25)18-6-4-5-7-18/h12-13,16-18,35H,4-11,14H2,1-3H3,(H,29,30,31). The number of halogens is 2. The van der Waals surface area contributed by atoms with E-state index < -0.39 is 29.1 Å². The molecule has 2 aromatic rings. The molecule has 3 aliphatic rings. The van der Waals surface area contributed by atoms with Crippen LogP contribution in [0.15, 0.2) is 12.3 Å². The molecule has 0 unspecified atom stereocenters. The quantitative estimate of drug-likeness (QED) is 0.578. The number of phenolic OH excluding ortho intramolecular Hbond substituents is 1. The second-order valence-electron chi connectivity index (χ2n) is 10.4. The third-order valence-electron chi connectivity index (χ3n) is 7.90. The van der Waals surface area contributed by atoms with Gasteiger partial charge in [-0.2, -0.15) is 4.98 Å². The molecule has 2 fully saturated rings. The molecule has 0 bridgehead atoms. The summed E-state index contributed by atoms with van der Waals surface area (Å²) in [5.74, 6) is -2.48. The number of methoxy groups -OCH3 is 1. The molecule has 2 amide bonds. The Morgan fingerprint density at radius 1 is 1.11 bits per heavy atom. The lowest BCUT2D eigenvalue weighted by Crippen LogP contribution is -2.52. The molecular formula is C26H34F2N6O3. The molecule has 1 aromatic heterocycles. The molecule has 0 radical (unpaired) electrons. The van der Waals surface area contributed by atoms with E-state index in [2.05, 4.69) is 29.3 Å². The SMILES string of the molecule is COc1cc(O)c(F)c(N2Cc3cnc(NC4CCC(N(C)C)CC4)nc3N(C3CCCC3)C2=O)c1F. The van der Waals surface area contributed by atoms with E-state index in [4.69, 9.17) is 9.72 Å². The van der Waals surface area contributed by atoms with Crippen LogP contribution in [0.5, 0.6) is 11.5 Å². The van der Waals surface area contributed by atoms with Crippen molar-refractivity contribution >= 4 is 23.5 Å². The number of anilines is 3. The molecule has 2 aliphatic carbocycles. The number of urea groups is 1. The Balaban J connectivity index is 1.47. The molecule has 0 atom stereocenters. The molecule has 11 heteroatoms. The fraction of sp³-hybridized carbons (Fsp3) is 0.577. The highest BCUT2D eigenvalue weighted by Gasteiger charge is 2.41. The normalized spacial score (nSPS) is 22.5. The minimum absolute atomic E-state index is 0.133. The average Bonchev–Trinajstić information content (AvgIpc) is 3.41. The first-order chi connectivity index (χ1) is 17.8. The number of carbonyl (C=O) groups is 1. The van der Waals surface area contributed by atoms with E-state index in [0.717, 1.165) is 62.3 Å². The predicted octanol–water partition coefficient (Wildman–Crippen LogP) is 4.64. The third kappa shape index (κ3) is 4.76. The zero-order valence-electron chi connectivity index (χ0n) is 21.5. The fourth-order valence-electron chi connectivity index (χ4n) is 5.80. The Labute approximate surface area is 215 Å². The molecule has 1 aromatic carbocycles. The van der Waals surface area contributed by atoms with Gasteiger partial charge in [0.2, 0.25) is 5.95 Å². The van der Waals surface area contributed by atoms with Gasteiger partial charge < -0.3 is 20.1 Å². The first kappa shape index (κ1) is 25.4. The maximum Gasteiger partial charge on any atom is 0.330 e. The largest absolute Gasteiger partial charge is 0.505 e. The van der Waals surface area contributed by atoms with Gasteiger partial charge in [0, 0.05) is 36.0 Å². The summed E-state index contributed by atoms with van der Waals surface area (Å²) in [5, 5.41) is 13.5. The lowest BCUT2D eigenvalue weighted by molar-refractivity contribution is 0.221. The van der Waals surface area contributed by atoms with Gasteiger partial charge in [0.15, 0.2) is 23.1 Å². The van der Waals surface area contributed by atoms with Crippen molar-refractivity contribution in [3.63, 3.8) is 0 Å². The molecule has 9 nitrogen and oxygen atoms in total. The Morgan fingerprint density at radius 2 is 1.81 bits per heavy atom. The number of amides is 2. The zero-order valence-corrected chi connectivity index (χ0v) is 21.5. The van der Waals surface area contributed by atoms with Crippen LogP contribution in [0.3, 0.4) is 0 Å². The van der Waals surface area contributed by atoms with Crippen LogP contribution < -0.4 is 19.9 Å². The monoisotopic (exact) mass is 516 g/mol. The topological polar surface area (TPSA) is 94.1 Å². The summed E-state index contributed by atoms with van der Waals surface area (Å²) in [6.07, 6.45) is 9.25. The van der Waals surface area contributed by atoms with Crippen molar-refractivity contribution in [1.82, 2.24) is 14.9 Å². The van der Waals surface area contributed by atoms with Crippen molar-refractivity contribution < 1.29 is 23.4 Å². The van der Waals surface area contributed by atoms with Crippen LogP contribution in [0.2, 0.25) is 0 Å². The second kappa shape index (κ2) is 10.3. The third-order valence-corrected chi connectivity index (χ3v) is 7.90. The maximum absolute atomic E-state index is 15.2. The number of rotatable bonds is 6. The van der Waals surface area contributed by atoms with Crippen LogP contribution in [0, 0.1) is 11.6 Å². The minimum atomic E-state index is -1.21. The predicted molar refractivity (Wildman–Crippen MR) is 136 cm³/mol. The lowest BCUT2D eigenvalue weighted by Gasteiger charge is -2.39. The summed E-state index contributed by atoms with van der Waals surface area (Å²) in [6, 6.07) is 0.950. The zero-order chi connectivity index (χ0) is 26.3. The summed E-state index contributed by atoms with van der Waals surface area (Å²) in [7, 11) is 5.42. The van der Waals surface area contributed by atoms with Crippen LogP contribution in [0.4, 0.5) is 31.0 Å². The van der Waals surface area contributed by atoms with Crippen LogP contribution in [0.25, 0.3) is 0 Å². The van der Waals surface area contributed by atoms with Gasteiger partial charge >= 0.3 is 6.03 Å². The van der Waals surface area contributed by atoms with Gasteiger partial charge in [-0.15, -0.1) is 0 Å². The van der Waals surface area contributed by atoms with E-state index in [1.54, 1.807) is 11.1 Å². The summed E-state index contributed by atoms with van der Waals surface area (Å²) in [4.78, 5) is 27.9. The molecule has 37 heavy (non-hydrogen) atoms. The van der Waals surface area contributed by atoms with Gasteiger partial charge in [-0.25, -0.2) is 18.6 Å². The number of benzene rings is 1. The Hall–Kier alpha value is -3.21.